The van der Waals surface area contributed by atoms with Gasteiger partial charge in [0.15, 0.2) is 0 Å². The van der Waals surface area contributed by atoms with Crippen LogP contribution in [0.25, 0.3) is 0 Å². The van der Waals surface area contributed by atoms with Crippen molar-refractivity contribution in [2.75, 3.05) is 13.1 Å². The lowest BCUT2D eigenvalue weighted by Crippen LogP contribution is -2.45. The second-order valence-electron chi connectivity index (χ2n) is 3.60. The Bertz CT molecular complexity index is 244. The predicted molar refractivity (Wildman–Crippen MR) is 52.2 cm³/mol. The summed E-state index contributed by atoms with van der Waals surface area (Å²) in [6, 6.07) is -0.463. The van der Waals surface area contributed by atoms with Crippen molar-refractivity contribution in [2.24, 2.45) is 0 Å². The molecule has 1 aliphatic rings. The van der Waals surface area contributed by atoms with Gasteiger partial charge in [-0.3, -0.25) is 15.0 Å². The zero-order valence-electron chi connectivity index (χ0n) is 8.48. The summed E-state index contributed by atoms with van der Waals surface area (Å²) in [5.74, 6) is -1.65. The van der Waals surface area contributed by atoms with Gasteiger partial charge in [-0.2, -0.15) is 0 Å². The number of nitrogens with zero attached hydrogens (tertiary/aromatic N) is 1. The van der Waals surface area contributed by atoms with Crippen LogP contribution in [0.3, 0.4) is 0 Å². The van der Waals surface area contributed by atoms with Crippen LogP contribution < -0.4 is 5.43 Å². The highest BCUT2D eigenvalue weighted by molar-refractivity contribution is 5.73. The molecule has 0 aromatic carbocycles. The highest BCUT2D eigenvalue weighted by Gasteiger charge is 2.29. The zero-order valence-corrected chi connectivity index (χ0v) is 8.48. The van der Waals surface area contributed by atoms with E-state index in [-0.39, 0.29) is 6.42 Å². The summed E-state index contributed by atoms with van der Waals surface area (Å²) >= 11 is 0. The van der Waals surface area contributed by atoms with E-state index in [4.69, 9.17) is 10.2 Å². The van der Waals surface area contributed by atoms with Gasteiger partial charge in [0.25, 0.3) is 0 Å². The van der Waals surface area contributed by atoms with Gasteiger partial charge in [-0.15, -0.1) is 0 Å². The molecule has 3 N–H and O–H groups in total. The van der Waals surface area contributed by atoms with Gasteiger partial charge in [0.1, 0.15) is 6.04 Å². The molecular formula is C9H16N2O4. The van der Waals surface area contributed by atoms with Crippen molar-refractivity contribution >= 4 is 11.9 Å². The lowest BCUT2D eigenvalue weighted by atomic mass is 10.2. The monoisotopic (exact) mass is 216 g/mol. The van der Waals surface area contributed by atoms with Crippen LogP contribution in [0.1, 0.15) is 25.7 Å². The number of rotatable bonds is 6. The average Bonchev–Trinajstić information content (AvgIpc) is 2.60. The first-order valence-corrected chi connectivity index (χ1v) is 5.06. The third kappa shape index (κ3) is 3.85. The van der Waals surface area contributed by atoms with E-state index in [0.29, 0.717) is 25.9 Å². The molecule has 0 bridgehead atoms. The molecule has 6 nitrogen and oxygen atoms in total. The van der Waals surface area contributed by atoms with Gasteiger partial charge in [0.05, 0.1) is 0 Å². The minimum atomic E-state index is -0.826. The fourth-order valence-corrected chi connectivity index (χ4v) is 1.67. The zero-order chi connectivity index (χ0) is 11.3. The topological polar surface area (TPSA) is 89.9 Å². The van der Waals surface area contributed by atoms with Crippen LogP contribution in [0, 0.1) is 0 Å². The smallest absolute Gasteiger partial charge is 0.322 e. The summed E-state index contributed by atoms with van der Waals surface area (Å²) < 4.78 is 0. The van der Waals surface area contributed by atoms with Crippen molar-refractivity contribution in [3.05, 3.63) is 0 Å². The third-order valence-corrected chi connectivity index (χ3v) is 2.42. The predicted octanol–water partition coefficient (Wildman–Crippen LogP) is -0.0952. The molecule has 1 heterocycles. The second kappa shape index (κ2) is 5.67. The fraction of sp³-hybridized carbons (Fsp3) is 0.778. The van der Waals surface area contributed by atoms with Crippen LogP contribution in [0.15, 0.2) is 0 Å². The number of nitrogens with one attached hydrogen (secondary N) is 1. The molecule has 6 heteroatoms. The molecule has 0 aromatic rings. The number of carbonyl (C=O) groups is 2. The number of hydrogen-bond donors (Lipinski definition) is 3. The number of hydrazine groups is 1. The van der Waals surface area contributed by atoms with Gasteiger partial charge < -0.3 is 10.2 Å². The number of carboxylic acid groups (broad SMARTS) is 2. The average molecular weight is 216 g/mol. The lowest BCUT2D eigenvalue weighted by molar-refractivity contribution is -0.143. The molecule has 1 aliphatic heterocycles. The van der Waals surface area contributed by atoms with Crippen LogP contribution in [0.2, 0.25) is 0 Å². The van der Waals surface area contributed by atoms with Crippen molar-refractivity contribution in [2.45, 2.75) is 31.7 Å². The summed E-state index contributed by atoms with van der Waals surface area (Å²) in [6.45, 7) is 1.22. The Kier molecular flexibility index (Phi) is 4.51. The Morgan fingerprint density at radius 2 is 2.13 bits per heavy atom. The van der Waals surface area contributed by atoms with Gasteiger partial charge in [-0.1, -0.05) is 0 Å². The summed E-state index contributed by atoms with van der Waals surface area (Å²) in [6.07, 6.45) is 2.14. The Balaban J connectivity index is 2.20. The first-order valence-electron chi connectivity index (χ1n) is 5.06. The molecule has 0 spiro atoms. The molecule has 0 radical (unpaired) electrons. The van der Waals surface area contributed by atoms with E-state index in [2.05, 4.69) is 5.43 Å². The second-order valence-corrected chi connectivity index (χ2v) is 3.60. The van der Waals surface area contributed by atoms with Gasteiger partial charge in [0.2, 0.25) is 0 Å². The number of hydrogen-bond acceptors (Lipinski definition) is 4. The van der Waals surface area contributed by atoms with Crippen LogP contribution >= 0.6 is 0 Å². The third-order valence-electron chi connectivity index (χ3n) is 2.42. The van der Waals surface area contributed by atoms with Crippen LogP contribution in [0.5, 0.6) is 0 Å². The standard InChI is InChI=1S/C9H16N2O4/c12-8(13)4-1-5-10-11-6-2-3-7(11)9(14)15/h7,10H,1-6H2,(H,12,13)(H,14,15)/t7-/m0/s1. The molecule has 0 amide bonds. The Labute approximate surface area is 87.8 Å². The maximum absolute atomic E-state index is 10.8. The highest BCUT2D eigenvalue weighted by Crippen LogP contribution is 2.14. The first-order chi connectivity index (χ1) is 7.11. The van der Waals surface area contributed by atoms with Crippen molar-refractivity contribution in [1.82, 2.24) is 10.4 Å². The van der Waals surface area contributed by atoms with Gasteiger partial charge >= 0.3 is 11.9 Å². The highest BCUT2D eigenvalue weighted by atomic mass is 16.4. The summed E-state index contributed by atoms with van der Waals surface area (Å²) in [5, 5.41) is 18.9. The normalized spacial score (nSPS) is 21.7. The fourth-order valence-electron chi connectivity index (χ4n) is 1.67. The van der Waals surface area contributed by atoms with E-state index in [1.807, 2.05) is 0 Å². The maximum Gasteiger partial charge on any atom is 0.322 e. The molecule has 86 valence electrons. The van der Waals surface area contributed by atoms with Crippen LogP contribution in [-0.4, -0.2) is 46.3 Å². The van der Waals surface area contributed by atoms with Crippen molar-refractivity contribution in [3.63, 3.8) is 0 Å². The molecule has 0 saturated carbocycles. The molecule has 1 atom stereocenters. The SMILES string of the molecule is O=C(O)CCCNN1CCC[C@H]1C(=O)O. The van der Waals surface area contributed by atoms with Crippen LogP contribution in [-0.2, 0) is 9.59 Å². The lowest BCUT2D eigenvalue weighted by Gasteiger charge is -2.21. The summed E-state index contributed by atoms with van der Waals surface area (Å²) in [7, 11) is 0. The Morgan fingerprint density at radius 1 is 1.40 bits per heavy atom. The minimum Gasteiger partial charge on any atom is -0.481 e. The molecule has 1 saturated heterocycles. The van der Waals surface area contributed by atoms with E-state index in [9.17, 15) is 9.59 Å². The molecular weight excluding hydrogens is 200 g/mol. The molecule has 1 rings (SSSR count). The molecule has 1 fully saturated rings. The summed E-state index contributed by atoms with van der Waals surface area (Å²) in [5.41, 5.74) is 2.96. The Morgan fingerprint density at radius 3 is 2.73 bits per heavy atom. The largest absolute Gasteiger partial charge is 0.481 e. The number of aliphatic carboxylic acids is 2. The van der Waals surface area contributed by atoms with E-state index in [0.717, 1.165) is 6.42 Å². The summed E-state index contributed by atoms with van der Waals surface area (Å²) in [4.78, 5) is 21.0. The Hall–Kier alpha value is -1.14. The number of carboxylic acids is 2. The maximum atomic E-state index is 10.8. The molecule has 0 unspecified atom stereocenters. The van der Waals surface area contributed by atoms with Gasteiger partial charge in [-0.25, -0.2) is 5.01 Å². The van der Waals surface area contributed by atoms with E-state index in [1.54, 1.807) is 5.01 Å². The van der Waals surface area contributed by atoms with Crippen molar-refractivity contribution in [3.8, 4) is 0 Å². The molecule has 0 aromatic heterocycles. The van der Waals surface area contributed by atoms with E-state index >= 15 is 0 Å². The van der Waals surface area contributed by atoms with Crippen LogP contribution in [0.4, 0.5) is 0 Å². The molecule has 0 aliphatic carbocycles. The van der Waals surface area contributed by atoms with Gasteiger partial charge in [-0.05, 0) is 19.3 Å². The minimum absolute atomic E-state index is 0.110. The quantitative estimate of drug-likeness (QED) is 0.537. The van der Waals surface area contributed by atoms with Crippen molar-refractivity contribution < 1.29 is 19.8 Å². The van der Waals surface area contributed by atoms with Crippen molar-refractivity contribution in [1.29, 1.82) is 0 Å². The van der Waals surface area contributed by atoms with E-state index < -0.39 is 18.0 Å². The van der Waals surface area contributed by atoms with E-state index in [1.165, 1.54) is 0 Å². The molecule has 15 heavy (non-hydrogen) atoms. The van der Waals surface area contributed by atoms with Gasteiger partial charge in [0, 0.05) is 19.5 Å². The first kappa shape index (κ1) is 11.9.